The molecule has 0 aliphatic carbocycles. The van der Waals surface area contributed by atoms with Gasteiger partial charge in [-0.15, -0.1) is 0 Å². The Hall–Kier alpha value is 0.440. The lowest BCUT2D eigenvalue weighted by Crippen LogP contribution is -2.03. The van der Waals surface area contributed by atoms with Crippen molar-refractivity contribution in [1.82, 2.24) is 0 Å². The van der Waals surface area contributed by atoms with Crippen molar-refractivity contribution in [1.29, 1.82) is 0 Å². The highest BCUT2D eigenvalue weighted by Gasteiger charge is 1.96. The molecule has 9 heavy (non-hydrogen) atoms. The van der Waals surface area contributed by atoms with Crippen molar-refractivity contribution in [3.8, 4) is 0 Å². The fourth-order valence-electron chi connectivity index (χ4n) is 0.644. The number of hydrogen-bond acceptors (Lipinski definition) is 1. The lowest BCUT2D eigenvalue weighted by Gasteiger charge is -2.06. The highest BCUT2D eigenvalue weighted by Crippen LogP contribution is 2.03. The first-order chi connectivity index (χ1) is 4.31. The Bertz CT molecular complexity index is 56.9. The number of hydrogen-bond donors (Lipinski definition) is 0. The van der Waals surface area contributed by atoms with E-state index in [1.165, 1.54) is 19.3 Å². The number of rotatable bonds is 5. The fraction of sp³-hybridized carbons (Fsp3) is 1.00. The Labute approximate surface area is 65.9 Å². The number of alkyl halides is 1. The zero-order chi connectivity index (χ0) is 7.11. The summed E-state index contributed by atoms with van der Waals surface area (Å²) in [6, 6.07) is 0. The van der Waals surface area contributed by atoms with Gasteiger partial charge in [0.05, 0.1) is 6.10 Å². The average Bonchev–Trinajstić information content (AvgIpc) is 1.89. The Balaban J connectivity index is 2.88. The Morgan fingerprint density at radius 2 is 2.11 bits per heavy atom. The third kappa shape index (κ3) is 6.32. The molecule has 1 nitrogen and oxygen atoms in total. The van der Waals surface area contributed by atoms with Gasteiger partial charge in [-0.1, -0.05) is 22.4 Å². The van der Waals surface area contributed by atoms with Crippen molar-refractivity contribution in [2.75, 3.05) is 12.4 Å². The van der Waals surface area contributed by atoms with Gasteiger partial charge in [0.1, 0.15) is 0 Å². The molecule has 0 heterocycles. The minimum Gasteiger partial charge on any atom is -0.382 e. The number of ether oxygens (including phenoxy) is 1. The highest BCUT2D eigenvalue weighted by atomic mass is 79.9. The molecular formula is C7H15BrO. The van der Waals surface area contributed by atoms with E-state index in [9.17, 15) is 0 Å². The van der Waals surface area contributed by atoms with Crippen LogP contribution in [0.25, 0.3) is 0 Å². The van der Waals surface area contributed by atoms with Crippen molar-refractivity contribution in [2.45, 2.75) is 32.3 Å². The highest BCUT2D eigenvalue weighted by molar-refractivity contribution is 9.09. The van der Waals surface area contributed by atoms with E-state index in [2.05, 4.69) is 22.9 Å². The van der Waals surface area contributed by atoms with Gasteiger partial charge in [0.2, 0.25) is 0 Å². The molecule has 0 aromatic carbocycles. The van der Waals surface area contributed by atoms with E-state index >= 15 is 0 Å². The second kappa shape index (κ2) is 6.56. The monoisotopic (exact) mass is 194 g/mol. The molecule has 2 heteroatoms. The first-order valence-corrected chi connectivity index (χ1v) is 4.52. The summed E-state index contributed by atoms with van der Waals surface area (Å²) in [5, 5.41) is 1.11. The molecule has 56 valence electrons. The summed E-state index contributed by atoms with van der Waals surface area (Å²) in [6.45, 7) is 2.11. The topological polar surface area (TPSA) is 9.23 Å². The van der Waals surface area contributed by atoms with Gasteiger partial charge in [0, 0.05) is 12.4 Å². The number of methoxy groups -OCH3 is 1. The molecule has 0 amide bonds. The Kier molecular flexibility index (Phi) is 6.88. The number of unbranched alkanes of at least 4 members (excludes halogenated alkanes) is 1. The third-order valence-corrected chi connectivity index (χ3v) is 1.96. The van der Waals surface area contributed by atoms with Gasteiger partial charge in [-0.3, -0.25) is 0 Å². The van der Waals surface area contributed by atoms with Crippen LogP contribution in [0.1, 0.15) is 26.2 Å². The van der Waals surface area contributed by atoms with Gasteiger partial charge in [-0.05, 0) is 19.8 Å². The maximum absolute atomic E-state index is 5.08. The van der Waals surface area contributed by atoms with Crippen LogP contribution in [0.15, 0.2) is 0 Å². The van der Waals surface area contributed by atoms with Crippen molar-refractivity contribution in [3.63, 3.8) is 0 Å². The minimum absolute atomic E-state index is 0.434. The summed E-state index contributed by atoms with van der Waals surface area (Å²) in [4.78, 5) is 0. The van der Waals surface area contributed by atoms with Crippen LogP contribution in [0.5, 0.6) is 0 Å². The van der Waals surface area contributed by atoms with E-state index in [1.54, 1.807) is 7.11 Å². The van der Waals surface area contributed by atoms with Crippen LogP contribution in [0.4, 0.5) is 0 Å². The lowest BCUT2D eigenvalue weighted by molar-refractivity contribution is 0.109. The maximum atomic E-state index is 5.08. The van der Waals surface area contributed by atoms with Crippen molar-refractivity contribution >= 4 is 15.9 Å². The van der Waals surface area contributed by atoms with Crippen LogP contribution < -0.4 is 0 Å². The number of halogens is 1. The van der Waals surface area contributed by atoms with Gasteiger partial charge < -0.3 is 4.74 Å². The van der Waals surface area contributed by atoms with Crippen LogP contribution in [-0.4, -0.2) is 18.5 Å². The second-order valence-electron chi connectivity index (χ2n) is 2.23. The smallest absolute Gasteiger partial charge is 0.0543 e. The molecule has 0 bridgehead atoms. The Morgan fingerprint density at radius 1 is 1.44 bits per heavy atom. The predicted octanol–water partition coefficient (Wildman–Crippen LogP) is 2.59. The molecule has 0 aromatic heterocycles. The van der Waals surface area contributed by atoms with Gasteiger partial charge >= 0.3 is 0 Å². The van der Waals surface area contributed by atoms with E-state index in [0.717, 1.165) is 5.33 Å². The van der Waals surface area contributed by atoms with Crippen LogP contribution in [0.3, 0.4) is 0 Å². The van der Waals surface area contributed by atoms with Gasteiger partial charge in [-0.25, -0.2) is 0 Å². The molecule has 1 unspecified atom stereocenters. The molecule has 0 aromatic rings. The summed E-state index contributed by atoms with van der Waals surface area (Å²) in [5.41, 5.74) is 0. The molecule has 0 fully saturated rings. The summed E-state index contributed by atoms with van der Waals surface area (Å²) in [7, 11) is 1.76. The van der Waals surface area contributed by atoms with E-state index in [4.69, 9.17) is 4.74 Å². The van der Waals surface area contributed by atoms with Crippen LogP contribution in [0.2, 0.25) is 0 Å². The summed E-state index contributed by atoms with van der Waals surface area (Å²) in [6.07, 6.45) is 4.14. The Morgan fingerprint density at radius 3 is 2.56 bits per heavy atom. The van der Waals surface area contributed by atoms with E-state index < -0.39 is 0 Å². The molecule has 1 atom stereocenters. The largest absolute Gasteiger partial charge is 0.382 e. The molecule has 0 radical (unpaired) electrons. The SMILES string of the molecule is COC(C)CCCCBr. The second-order valence-corrected chi connectivity index (χ2v) is 3.02. The minimum atomic E-state index is 0.434. The molecule has 0 aliphatic heterocycles. The van der Waals surface area contributed by atoms with E-state index in [-0.39, 0.29) is 0 Å². The molecule has 0 saturated carbocycles. The van der Waals surface area contributed by atoms with Gasteiger partial charge in [0.15, 0.2) is 0 Å². The van der Waals surface area contributed by atoms with Crippen molar-refractivity contribution < 1.29 is 4.74 Å². The van der Waals surface area contributed by atoms with E-state index in [1.807, 2.05) is 0 Å². The summed E-state index contributed by atoms with van der Waals surface area (Å²) in [5.74, 6) is 0. The molecular weight excluding hydrogens is 180 g/mol. The summed E-state index contributed by atoms with van der Waals surface area (Å²) < 4.78 is 5.08. The molecule has 0 aliphatic rings. The summed E-state index contributed by atoms with van der Waals surface area (Å²) >= 11 is 3.38. The zero-order valence-electron chi connectivity index (χ0n) is 6.19. The fourth-order valence-corrected chi connectivity index (χ4v) is 1.04. The molecule has 0 rings (SSSR count). The first kappa shape index (κ1) is 9.44. The lowest BCUT2D eigenvalue weighted by atomic mass is 10.2. The van der Waals surface area contributed by atoms with Crippen LogP contribution >= 0.6 is 15.9 Å². The standard InChI is InChI=1S/C7H15BrO/c1-7(9-2)5-3-4-6-8/h7H,3-6H2,1-2H3. The van der Waals surface area contributed by atoms with Gasteiger partial charge in [-0.2, -0.15) is 0 Å². The van der Waals surface area contributed by atoms with Crippen LogP contribution in [0, 0.1) is 0 Å². The first-order valence-electron chi connectivity index (χ1n) is 3.40. The normalized spacial score (nSPS) is 13.7. The average molecular weight is 195 g/mol. The third-order valence-electron chi connectivity index (χ3n) is 1.40. The predicted molar refractivity (Wildman–Crippen MR) is 44.1 cm³/mol. The van der Waals surface area contributed by atoms with Crippen LogP contribution in [-0.2, 0) is 4.74 Å². The molecule has 0 spiro atoms. The maximum Gasteiger partial charge on any atom is 0.0543 e. The quantitative estimate of drug-likeness (QED) is 0.484. The molecule has 0 N–H and O–H groups in total. The molecule has 0 saturated heterocycles. The zero-order valence-corrected chi connectivity index (χ0v) is 7.78. The van der Waals surface area contributed by atoms with Gasteiger partial charge in [0.25, 0.3) is 0 Å². The van der Waals surface area contributed by atoms with Crippen molar-refractivity contribution in [3.05, 3.63) is 0 Å². The van der Waals surface area contributed by atoms with Crippen molar-refractivity contribution in [2.24, 2.45) is 0 Å². The van der Waals surface area contributed by atoms with E-state index in [0.29, 0.717) is 6.10 Å².